The summed E-state index contributed by atoms with van der Waals surface area (Å²) in [5.74, 6) is 0.338. The average Bonchev–Trinajstić information content (AvgIpc) is 2.86. The second-order valence-corrected chi connectivity index (χ2v) is 4.36. The molecule has 1 aliphatic heterocycles. The zero-order valence-corrected chi connectivity index (χ0v) is 9.35. The molecule has 1 aromatic heterocycles. The summed E-state index contributed by atoms with van der Waals surface area (Å²) in [6, 6.07) is 5.34. The van der Waals surface area contributed by atoms with Crippen molar-refractivity contribution in [1.82, 2.24) is 15.6 Å². The molecule has 5 nitrogen and oxygen atoms in total. The number of piperidine rings is 1. The van der Waals surface area contributed by atoms with Crippen molar-refractivity contribution in [1.29, 1.82) is 0 Å². The summed E-state index contributed by atoms with van der Waals surface area (Å²) in [6.45, 7) is 1.84. The van der Waals surface area contributed by atoms with Gasteiger partial charge in [-0.05, 0) is 54.4 Å². The van der Waals surface area contributed by atoms with E-state index in [1.807, 2.05) is 0 Å². The number of hydrogen-bond acceptors (Lipinski definition) is 5. The van der Waals surface area contributed by atoms with Gasteiger partial charge in [-0.1, -0.05) is 0 Å². The molecule has 0 unspecified atom stereocenters. The normalized spacial score (nSPS) is 17.4. The third-order valence-corrected chi connectivity index (χ3v) is 3.25. The number of rotatable bonds is 2. The molecule has 0 amide bonds. The molecular weight excluding hydrogens is 218 g/mol. The highest BCUT2D eigenvalue weighted by Crippen LogP contribution is 2.20. The minimum atomic E-state index is 0.133. The first-order valence-corrected chi connectivity index (χ1v) is 5.82. The van der Waals surface area contributed by atoms with Crippen molar-refractivity contribution in [3.63, 3.8) is 0 Å². The molecule has 1 fully saturated rings. The van der Waals surface area contributed by atoms with Gasteiger partial charge in [-0.3, -0.25) is 4.79 Å². The smallest absolute Gasteiger partial charge is 0.166 e. The van der Waals surface area contributed by atoms with Crippen LogP contribution in [0.1, 0.15) is 23.2 Å². The van der Waals surface area contributed by atoms with E-state index < -0.39 is 0 Å². The highest BCUT2D eigenvalue weighted by Gasteiger charge is 2.22. The predicted octanol–water partition coefficient (Wildman–Crippen LogP) is 1.41. The number of ketones is 1. The molecule has 1 aromatic carbocycles. The Bertz CT molecular complexity index is 543. The fourth-order valence-corrected chi connectivity index (χ4v) is 2.26. The number of Topliss-reactive ketones (excluding diaryl/α,β-unsaturated/α-hetero) is 1. The third-order valence-electron chi connectivity index (χ3n) is 3.25. The predicted molar refractivity (Wildman–Crippen MR) is 61.7 cm³/mol. The van der Waals surface area contributed by atoms with E-state index >= 15 is 0 Å². The van der Waals surface area contributed by atoms with Gasteiger partial charge in [-0.25, -0.2) is 4.63 Å². The van der Waals surface area contributed by atoms with Crippen LogP contribution in [0.5, 0.6) is 0 Å². The van der Waals surface area contributed by atoms with Gasteiger partial charge in [0.25, 0.3) is 0 Å². The van der Waals surface area contributed by atoms with Crippen LogP contribution >= 0.6 is 0 Å². The first-order chi connectivity index (χ1) is 8.34. The Hall–Kier alpha value is -1.75. The minimum absolute atomic E-state index is 0.133. The summed E-state index contributed by atoms with van der Waals surface area (Å²) in [7, 11) is 0. The first kappa shape index (κ1) is 10.4. The van der Waals surface area contributed by atoms with Crippen LogP contribution < -0.4 is 5.32 Å². The lowest BCUT2D eigenvalue weighted by molar-refractivity contribution is 0.0895. The van der Waals surface area contributed by atoms with Crippen molar-refractivity contribution in [3.05, 3.63) is 23.8 Å². The van der Waals surface area contributed by atoms with Gasteiger partial charge in [-0.2, -0.15) is 0 Å². The van der Waals surface area contributed by atoms with E-state index in [1.165, 1.54) is 0 Å². The monoisotopic (exact) mass is 231 g/mol. The van der Waals surface area contributed by atoms with E-state index in [1.54, 1.807) is 18.2 Å². The highest BCUT2D eigenvalue weighted by molar-refractivity contribution is 6.00. The van der Waals surface area contributed by atoms with Crippen LogP contribution in [0.15, 0.2) is 22.8 Å². The van der Waals surface area contributed by atoms with E-state index in [-0.39, 0.29) is 11.7 Å². The molecule has 1 aliphatic rings. The Morgan fingerprint density at radius 3 is 2.82 bits per heavy atom. The summed E-state index contributed by atoms with van der Waals surface area (Å²) >= 11 is 0. The van der Waals surface area contributed by atoms with Crippen LogP contribution in [-0.2, 0) is 0 Å². The molecule has 3 rings (SSSR count). The Morgan fingerprint density at radius 1 is 1.24 bits per heavy atom. The Kier molecular flexibility index (Phi) is 2.60. The second kappa shape index (κ2) is 4.25. The largest absolute Gasteiger partial charge is 0.317 e. The van der Waals surface area contributed by atoms with Gasteiger partial charge in [0.05, 0.1) is 0 Å². The number of nitrogens with zero attached hydrogens (tertiary/aromatic N) is 2. The molecule has 0 saturated carbocycles. The Morgan fingerprint density at radius 2 is 2.00 bits per heavy atom. The standard InChI is InChI=1S/C12H13N3O2/c16-12(8-3-5-13-6-4-8)9-1-2-10-11(7-9)15-17-14-10/h1-2,7-8,13H,3-6H2. The molecule has 5 heteroatoms. The van der Waals surface area contributed by atoms with Crippen molar-refractivity contribution >= 4 is 16.8 Å². The summed E-state index contributed by atoms with van der Waals surface area (Å²) in [6.07, 6.45) is 1.82. The molecular formula is C12H13N3O2. The second-order valence-electron chi connectivity index (χ2n) is 4.36. The molecule has 17 heavy (non-hydrogen) atoms. The molecule has 0 bridgehead atoms. The van der Waals surface area contributed by atoms with Gasteiger partial charge in [0, 0.05) is 11.5 Å². The lowest BCUT2D eigenvalue weighted by Gasteiger charge is -2.21. The molecule has 88 valence electrons. The quantitative estimate of drug-likeness (QED) is 0.791. The maximum absolute atomic E-state index is 12.3. The maximum Gasteiger partial charge on any atom is 0.166 e. The number of carbonyl (C=O) groups is 1. The summed E-state index contributed by atoms with van der Waals surface area (Å²) in [5, 5.41) is 10.7. The molecule has 0 radical (unpaired) electrons. The Balaban J connectivity index is 1.88. The van der Waals surface area contributed by atoms with Gasteiger partial charge in [0.2, 0.25) is 0 Å². The third kappa shape index (κ3) is 1.93. The zero-order valence-electron chi connectivity index (χ0n) is 9.35. The molecule has 0 atom stereocenters. The van der Waals surface area contributed by atoms with E-state index in [2.05, 4.69) is 20.3 Å². The highest BCUT2D eigenvalue weighted by atomic mass is 16.6. The van der Waals surface area contributed by atoms with Crippen molar-refractivity contribution < 1.29 is 9.42 Å². The van der Waals surface area contributed by atoms with Crippen LogP contribution in [0.4, 0.5) is 0 Å². The number of fused-ring (bicyclic) bond motifs is 1. The van der Waals surface area contributed by atoms with Gasteiger partial charge in [-0.15, -0.1) is 0 Å². The molecule has 0 aliphatic carbocycles. The van der Waals surface area contributed by atoms with Crippen LogP contribution in [-0.4, -0.2) is 29.2 Å². The maximum atomic E-state index is 12.3. The molecule has 1 N–H and O–H groups in total. The summed E-state index contributed by atoms with van der Waals surface area (Å²) in [5.41, 5.74) is 2.04. The summed E-state index contributed by atoms with van der Waals surface area (Å²) in [4.78, 5) is 12.3. The van der Waals surface area contributed by atoms with Crippen LogP contribution in [0.25, 0.3) is 11.0 Å². The van der Waals surface area contributed by atoms with Crippen LogP contribution in [0.2, 0.25) is 0 Å². The Labute approximate surface area is 98.1 Å². The van der Waals surface area contributed by atoms with E-state index in [0.29, 0.717) is 16.6 Å². The summed E-state index contributed by atoms with van der Waals surface area (Å²) < 4.78 is 4.62. The molecule has 0 spiro atoms. The number of hydrogen-bond donors (Lipinski definition) is 1. The van der Waals surface area contributed by atoms with E-state index in [0.717, 1.165) is 25.9 Å². The fraction of sp³-hybridized carbons (Fsp3) is 0.417. The molecule has 2 heterocycles. The first-order valence-electron chi connectivity index (χ1n) is 5.82. The van der Waals surface area contributed by atoms with Crippen LogP contribution in [0.3, 0.4) is 0 Å². The number of benzene rings is 1. The van der Waals surface area contributed by atoms with E-state index in [4.69, 9.17) is 0 Å². The molecule has 1 saturated heterocycles. The van der Waals surface area contributed by atoms with Crippen molar-refractivity contribution in [2.45, 2.75) is 12.8 Å². The average molecular weight is 231 g/mol. The number of carbonyl (C=O) groups excluding carboxylic acids is 1. The van der Waals surface area contributed by atoms with Gasteiger partial charge in [0.1, 0.15) is 11.0 Å². The topological polar surface area (TPSA) is 68.0 Å². The van der Waals surface area contributed by atoms with Crippen molar-refractivity contribution in [2.75, 3.05) is 13.1 Å². The van der Waals surface area contributed by atoms with Crippen molar-refractivity contribution in [3.8, 4) is 0 Å². The number of nitrogens with one attached hydrogen (secondary N) is 1. The van der Waals surface area contributed by atoms with E-state index in [9.17, 15) is 4.79 Å². The zero-order chi connectivity index (χ0) is 11.7. The lowest BCUT2D eigenvalue weighted by atomic mass is 9.89. The van der Waals surface area contributed by atoms with Gasteiger partial charge in [0.15, 0.2) is 5.78 Å². The van der Waals surface area contributed by atoms with Crippen LogP contribution in [0, 0.1) is 5.92 Å². The number of aromatic nitrogens is 2. The molecule has 2 aromatic rings. The lowest BCUT2D eigenvalue weighted by Crippen LogP contribution is -2.31. The van der Waals surface area contributed by atoms with Crippen molar-refractivity contribution in [2.24, 2.45) is 5.92 Å². The van der Waals surface area contributed by atoms with Gasteiger partial charge < -0.3 is 5.32 Å². The fourth-order valence-electron chi connectivity index (χ4n) is 2.26. The van der Waals surface area contributed by atoms with Gasteiger partial charge >= 0.3 is 0 Å². The minimum Gasteiger partial charge on any atom is -0.317 e. The SMILES string of the molecule is O=C(c1ccc2nonc2c1)C1CCNCC1.